The molecular weight excluding hydrogens is 295 g/mol. The Bertz CT molecular complexity index is 410. The van der Waals surface area contributed by atoms with E-state index in [0.29, 0.717) is 4.47 Å². The maximum Gasteiger partial charge on any atom is 0.308 e. The number of ether oxygens (including phenoxy) is 1. The lowest BCUT2D eigenvalue weighted by atomic mass is 10.0. The van der Waals surface area contributed by atoms with Crippen LogP contribution in [0.1, 0.15) is 18.1 Å². The number of rotatable bonds is 4. The largest absolute Gasteiger partial charge is 0.469 e. The number of methoxy groups -OCH3 is 1. The van der Waals surface area contributed by atoms with Gasteiger partial charge < -0.3 is 14.9 Å². The number of hydrogen-bond acceptors (Lipinski definition) is 4. The van der Waals surface area contributed by atoms with Crippen molar-refractivity contribution < 1.29 is 24.1 Å². The Balaban J connectivity index is 2.81. The normalized spacial score (nSPS) is 14.2. The summed E-state index contributed by atoms with van der Waals surface area (Å²) in [6.45, 7) is 0. The smallest absolute Gasteiger partial charge is 0.308 e. The van der Waals surface area contributed by atoms with Crippen molar-refractivity contribution in [3.63, 3.8) is 0 Å². The van der Waals surface area contributed by atoms with Crippen molar-refractivity contribution in [2.45, 2.75) is 18.6 Å². The molecule has 1 aromatic rings. The zero-order valence-corrected chi connectivity index (χ0v) is 10.6. The fraction of sp³-hybridized carbons (Fsp3) is 0.364. The molecule has 0 bridgehead atoms. The van der Waals surface area contributed by atoms with Gasteiger partial charge in [0, 0.05) is 10.0 Å². The Hall–Kier alpha value is -0.980. The van der Waals surface area contributed by atoms with Gasteiger partial charge in [-0.05, 0) is 12.1 Å². The molecule has 0 aliphatic carbocycles. The predicted molar refractivity (Wildman–Crippen MR) is 61.7 cm³/mol. The summed E-state index contributed by atoms with van der Waals surface area (Å²) < 4.78 is 18.3. The van der Waals surface area contributed by atoms with Crippen LogP contribution in [0.25, 0.3) is 0 Å². The van der Waals surface area contributed by atoms with Gasteiger partial charge in [0.15, 0.2) is 0 Å². The highest BCUT2D eigenvalue weighted by Crippen LogP contribution is 2.24. The van der Waals surface area contributed by atoms with E-state index >= 15 is 0 Å². The molecule has 0 heterocycles. The fourth-order valence-corrected chi connectivity index (χ4v) is 1.65. The van der Waals surface area contributed by atoms with E-state index in [1.165, 1.54) is 25.3 Å². The maximum atomic E-state index is 13.5. The van der Waals surface area contributed by atoms with Gasteiger partial charge in [-0.2, -0.15) is 0 Å². The van der Waals surface area contributed by atoms with E-state index in [1.54, 1.807) is 0 Å². The summed E-state index contributed by atoms with van der Waals surface area (Å²) in [5.74, 6) is -1.33. The molecule has 4 nitrogen and oxygen atoms in total. The molecule has 1 rings (SSSR count). The number of halogens is 2. The van der Waals surface area contributed by atoms with Crippen molar-refractivity contribution in [3.8, 4) is 0 Å². The third-order valence-corrected chi connectivity index (χ3v) is 2.74. The Labute approximate surface area is 106 Å². The lowest BCUT2D eigenvalue weighted by Gasteiger charge is -2.17. The summed E-state index contributed by atoms with van der Waals surface area (Å²) in [5, 5.41) is 19.2. The molecule has 0 aromatic heterocycles. The summed E-state index contributed by atoms with van der Waals surface area (Å²) in [5.41, 5.74) is -0.0652. The number of hydrogen-bond donors (Lipinski definition) is 2. The maximum absolute atomic E-state index is 13.5. The molecule has 0 amide bonds. The van der Waals surface area contributed by atoms with Gasteiger partial charge in [0.1, 0.15) is 11.9 Å². The van der Waals surface area contributed by atoms with Crippen LogP contribution in [0.3, 0.4) is 0 Å². The van der Waals surface area contributed by atoms with E-state index in [2.05, 4.69) is 20.7 Å². The molecule has 1 aromatic carbocycles. The summed E-state index contributed by atoms with van der Waals surface area (Å²) in [7, 11) is 1.17. The van der Waals surface area contributed by atoms with Crippen LogP contribution >= 0.6 is 15.9 Å². The van der Waals surface area contributed by atoms with Crippen LogP contribution in [0.15, 0.2) is 22.7 Å². The predicted octanol–water partition coefficient (Wildman–Crippen LogP) is 1.55. The molecule has 0 fully saturated rings. The van der Waals surface area contributed by atoms with Gasteiger partial charge in [-0.15, -0.1) is 0 Å². The van der Waals surface area contributed by atoms with Gasteiger partial charge in [0.05, 0.1) is 19.6 Å². The van der Waals surface area contributed by atoms with Crippen molar-refractivity contribution in [2.75, 3.05) is 7.11 Å². The highest BCUT2D eigenvalue weighted by Gasteiger charge is 2.24. The van der Waals surface area contributed by atoms with Crippen molar-refractivity contribution in [1.29, 1.82) is 0 Å². The zero-order chi connectivity index (χ0) is 13.0. The molecule has 2 unspecified atom stereocenters. The van der Waals surface area contributed by atoms with Crippen LogP contribution in [0.4, 0.5) is 4.39 Å². The molecule has 0 aliphatic rings. The van der Waals surface area contributed by atoms with Crippen LogP contribution in [0, 0.1) is 5.82 Å². The molecular formula is C11H12BrFO4. The van der Waals surface area contributed by atoms with Crippen molar-refractivity contribution in [3.05, 3.63) is 34.1 Å². The molecule has 0 saturated heterocycles. The minimum absolute atomic E-state index is 0.0652. The first kappa shape index (κ1) is 14.1. The second-order valence-electron chi connectivity index (χ2n) is 3.46. The van der Waals surface area contributed by atoms with Crippen LogP contribution in [-0.2, 0) is 9.53 Å². The average Bonchev–Trinajstić information content (AvgIpc) is 2.28. The van der Waals surface area contributed by atoms with E-state index in [-0.39, 0.29) is 5.56 Å². The average molecular weight is 307 g/mol. The molecule has 2 N–H and O–H groups in total. The lowest BCUT2D eigenvalue weighted by Crippen LogP contribution is -2.23. The second-order valence-corrected chi connectivity index (χ2v) is 4.37. The first-order valence-electron chi connectivity index (χ1n) is 4.83. The molecule has 0 radical (unpaired) electrons. The first-order valence-corrected chi connectivity index (χ1v) is 5.63. The third-order valence-electron chi connectivity index (χ3n) is 2.25. The van der Waals surface area contributed by atoms with Gasteiger partial charge in [0.2, 0.25) is 0 Å². The lowest BCUT2D eigenvalue weighted by molar-refractivity contribution is -0.144. The highest BCUT2D eigenvalue weighted by atomic mass is 79.9. The van der Waals surface area contributed by atoms with Crippen LogP contribution in [0.2, 0.25) is 0 Å². The summed E-state index contributed by atoms with van der Waals surface area (Å²) >= 11 is 3.08. The van der Waals surface area contributed by atoms with Gasteiger partial charge >= 0.3 is 5.97 Å². The van der Waals surface area contributed by atoms with Gasteiger partial charge in [0.25, 0.3) is 0 Å². The fourth-order valence-electron chi connectivity index (χ4n) is 1.31. The Morgan fingerprint density at radius 2 is 2.18 bits per heavy atom. The zero-order valence-electron chi connectivity index (χ0n) is 9.06. The van der Waals surface area contributed by atoms with Gasteiger partial charge in [-0.25, -0.2) is 4.39 Å². The quantitative estimate of drug-likeness (QED) is 0.828. The van der Waals surface area contributed by atoms with E-state index in [4.69, 9.17) is 0 Å². The number of carbonyl (C=O) groups is 1. The number of benzene rings is 1. The van der Waals surface area contributed by atoms with Crippen LogP contribution < -0.4 is 0 Å². The van der Waals surface area contributed by atoms with Crippen molar-refractivity contribution >= 4 is 21.9 Å². The topological polar surface area (TPSA) is 66.8 Å². The van der Waals surface area contributed by atoms with Crippen molar-refractivity contribution in [1.82, 2.24) is 0 Å². The van der Waals surface area contributed by atoms with E-state index in [9.17, 15) is 19.4 Å². The highest BCUT2D eigenvalue weighted by molar-refractivity contribution is 9.10. The third kappa shape index (κ3) is 3.76. The number of aliphatic hydroxyl groups is 2. The summed E-state index contributed by atoms with van der Waals surface area (Å²) in [6, 6.07) is 4.04. The van der Waals surface area contributed by atoms with Gasteiger partial charge in [-0.3, -0.25) is 4.79 Å². The first-order chi connectivity index (χ1) is 7.95. The molecule has 6 heteroatoms. The molecule has 0 aliphatic heterocycles. The Morgan fingerprint density at radius 3 is 2.71 bits per heavy atom. The number of carbonyl (C=O) groups excluding carboxylic acids is 1. The van der Waals surface area contributed by atoms with Crippen LogP contribution in [-0.4, -0.2) is 29.4 Å². The van der Waals surface area contributed by atoms with E-state index in [0.717, 1.165) is 0 Å². The molecule has 0 spiro atoms. The SMILES string of the molecule is COC(=O)CC(O)C(O)c1ccc(Br)cc1F. The molecule has 0 saturated carbocycles. The molecule has 17 heavy (non-hydrogen) atoms. The Morgan fingerprint density at radius 1 is 1.53 bits per heavy atom. The summed E-state index contributed by atoms with van der Waals surface area (Å²) in [4.78, 5) is 10.9. The minimum Gasteiger partial charge on any atom is -0.469 e. The molecule has 94 valence electrons. The van der Waals surface area contributed by atoms with Crippen molar-refractivity contribution in [2.24, 2.45) is 0 Å². The monoisotopic (exact) mass is 306 g/mol. The molecule has 2 atom stereocenters. The standard InChI is InChI=1S/C11H12BrFO4/c1-17-10(15)5-9(14)11(16)7-3-2-6(12)4-8(7)13/h2-4,9,11,14,16H,5H2,1H3. The van der Waals surface area contributed by atoms with Gasteiger partial charge in [-0.1, -0.05) is 22.0 Å². The van der Waals surface area contributed by atoms with Crippen LogP contribution in [0.5, 0.6) is 0 Å². The second kappa shape index (κ2) is 6.09. The number of aliphatic hydroxyl groups excluding tert-OH is 2. The number of esters is 1. The van der Waals surface area contributed by atoms with E-state index < -0.39 is 30.4 Å². The summed E-state index contributed by atoms with van der Waals surface area (Å²) in [6.07, 6.45) is -3.27. The van der Waals surface area contributed by atoms with E-state index in [1.807, 2.05) is 0 Å². The minimum atomic E-state index is -1.47. The Kier molecular flexibility index (Phi) is 5.04.